The molecule has 3 aliphatic rings. The molecule has 0 aromatic carbocycles. The molecule has 3 rings (SSSR count). The smallest absolute Gasteiger partial charge is 0.309 e. The molecule has 2 heterocycles. The summed E-state index contributed by atoms with van der Waals surface area (Å²) < 4.78 is 16.9. The Labute approximate surface area is 158 Å². The highest BCUT2D eigenvalue weighted by Crippen LogP contribution is 2.43. The maximum absolute atomic E-state index is 12.5. The molecule has 3 fully saturated rings. The number of carbonyl (C=O) groups is 1. The Morgan fingerprint density at radius 2 is 1.88 bits per heavy atom. The van der Waals surface area contributed by atoms with Crippen LogP contribution in [0.5, 0.6) is 0 Å². The van der Waals surface area contributed by atoms with E-state index >= 15 is 0 Å². The van der Waals surface area contributed by atoms with Gasteiger partial charge >= 0.3 is 5.97 Å². The predicted octanol–water partition coefficient (Wildman–Crippen LogP) is 4.38. The van der Waals surface area contributed by atoms with Crippen LogP contribution in [0.25, 0.3) is 0 Å². The van der Waals surface area contributed by atoms with Gasteiger partial charge in [-0.3, -0.25) is 4.79 Å². The third-order valence-corrected chi connectivity index (χ3v) is 6.66. The quantitative estimate of drug-likeness (QED) is 0.382. The van der Waals surface area contributed by atoms with E-state index in [1.807, 2.05) is 0 Å². The highest BCUT2D eigenvalue weighted by molar-refractivity contribution is 5.73. The van der Waals surface area contributed by atoms with Crippen LogP contribution in [0.1, 0.15) is 59.8 Å². The van der Waals surface area contributed by atoms with Gasteiger partial charge < -0.3 is 14.2 Å². The molecule has 0 spiro atoms. The normalized spacial score (nSPS) is 36.9. The molecule has 0 N–H and O–H groups in total. The molecule has 0 bridgehead atoms. The lowest BCUT2D eigenvalue weighted by atomic mass is 9.79. The third kappa shape index (κ3) is 4.89. The van der Waals surface area contributed by atoms with Crippen molar-refractivity contribution in [1.82, 2.24) is 0 Å². The Balaban J connectivity index is 1.41. The fourth-order valence-electron chi connectivity index (χ4n) is 4.55. The minimum atomic E-state index is -0.0311. The molecule has 6 unspecified atom stereocenters. The van der Waals surface area contributed by atoms with Gasteiger partial charge in [0.05, 0.1) is 24.7 Å². The van der Waals surface area contributed by atoms with E-state index in [-0.39, 0.29) is 17.3 Å². The van der Waals surface area contributed by atoms with Gasteiger partial charge in [-0.2, -0.15) is 0 Å². The second kappa shape index (κ2) is 8.02. The van der Waals surface area contributed by atoms with Crippen molar-refractivity contribution in [3.63, 3.8) is 0 Å². The van der Waals surface area contributed by atoms with Crippen LogP contribution in [0.3, 0.4) is 0 Å². The summed E-state index contributed by atoms with van der Waals surface area (Å²) >= 11 is 0. The number of allylic oxidation sites excluding steroid dienone is 1. The largest absolute Gasteiger partial charge is 0.465 e. The van der Waals surface area contributed by atoms with Crippen molar-refractivity contribution >= 4 is 5.97 Å². The number of fused-ring (bicyclic) bond motifs is 1. The molecule has 2 saturated heterocycles. The highest BCUT2D eigenvalue weighted by atomic mass is 16.6. The van der Waals surface area contributed by atoms with Crippen molar-refractivity contribution in [2.24, 2.45) is 29.1 Å². The summed E-state index contributed by atoms with van der Waals surface area (Å²) in [5, 5.41) is 0. The van der Waals surface area contributed by atoms with Crippen LogP contribution >= 0.6 is 0 Å². The fraction of sp³-hybridized carbons (Fsp3) is 0.864. The van der Waals surface area contributed by atoms with Crippen LogP contribution in [-0.4, -0.2) is 38.0 Å². The van der Waals surface area contributed by atoms with Crippen molar-refractivity contribution < 1.29 is 19.0 Å². The molecule has 0 radical (unpaired) electrons. The number of ether oxygens (including phenoxy) is 3. The van der Waals surface area contributed by atoms with Gasteiger partial charge in [-0.1, -0.05) is 39.8 Å². The van der Waals surface area contributed by atoms with E-state index in [0.29, 0.717) is 36.6 Å². The Morgan fingerprint density at radius 3 is 2.62 bits per heavy atom. The molecule has 0 aromatic heterocycles. The Kier molecular flexibility index (Phi) is 6.13. The molecule has 1 saturated carbocycles. The van der Waals surface area contributed by atoms with E-state index in [2.05, 4.69) is 34.3 Å². The first-order valence-electron chi connectivity index (χ1n) is 10.3. The van der Waals surface area contributed by atoms with Gasteiger partial charge in [0.2, 0.25) is 0 Å². The molecule has 4 nitrogen and oxygen atoms in total. The highest BCUT2D eigenvalue weighted by Gasteiger charge is 2.49. The predicted molar refractivity (Wildman–Crippen MR) is 102 cm³/mol. The summed E-state index contributed by atoms with van der Waals surface area (Å²) in [6.07, 6.45) is 5.62. The fourth-order valence-corrected chi connectivity index (χ4v) is 4.55. The monoisotopic (exact) mass is 364 g/mol. The van der Waals surface area contributed by atoms with Crippen LogP contribution in [0.15, 0.2) is 12.2 Å². The van der Waals surface area contributed by atoms with Crippen molar-refractivity contribution in [2.75, 3.05) is 19.8 Å². The van der Waals surface area contributed by atoms with Gasteiger partial charge in [-0.05, 0) is 55.3 Å². The average Bonchev–Trinajstić information content (AvgIpc) is 3.35. The summed E-state index contributed by atoms with van der Waals surface area (Å²) in [5.74, 6) is 1.46. The zero-order valence-electron chi connectivity index (χ0n) is 17.0. The van der Waals surface area contributed by atoms with Crippen LogP contribution in [0, 0.1) is 29.1 Å². The van der Waals surface area contributed by atoms with Gasteiger partial charge in [0.1, 0.15) is 0 Å². The topological polar surface area (TPSA) is 48.1 Å². The zero-order valence-corrected chi connectivity index (χ0v) is 17.0. The van der Waals surface area contributed by atoms with Gasteiger partial charge in [0.25, 0.3) is 0 Å². The van der Waals surface area contributed by atoms with Crippen LogP contribution in [0.4, 0.5) is 0 Å². The minimum absolute atomic E-state index is 0.00704. The summed E-state index contributed by atoms with van der Waals surface area (Å²) in [7, 11) is 0. The van der Waals surface area contributed by atoms with Crippen molar-refractivity contribution in [3.8, 4) is 0 Å². The van der Waals surface area contributed by atoms with E-state index in [9.17, 15) is 4.79 Å². The second-order valence-corrected chi connectivity index (χ2v) is 9.65. The molecule has 1 aliphatic carbocycles. The average molecular weight is 365 g/mol. The molecular weight excluding hydrogens is 328 g/mol. The standard InChI is InChI=1S/C22H36O4/c1-14(17-7-9-24-12-16(17)3)6-8-22(4,5)13-25-21(23)18-11-20-19(26-20)10-15(18)2/h15-20H,1,6-13H2,2-5H3. The van der Waals surface area contributed by atoms with Crippen molar-refractivity contribution in [3.05, 3.63) is 12.2 Å². The molecule has 0 amide bonds. The number of rotatable bonds is 7. The number of hydrogen-bond acceptors (Lipinski definition) is 4. The van der Waals surface area contributed by atoms with Crippen molar-refractivity contribution in [2.45, 2.75) is 72.0 Å². The summed E-state index contributed by atoms with van der Waals surface area (Å²) in [6, 6.07) is 0. The Bertz CT molecular complexity index is 526. The maximum Gasteiger partial charge on any atom is 0.309 e. The Hall–Kier alpha value is -0.870. The first-order chi connectivity index (χ1) is 12.3. The molecule has 6 atom stereocenters. The number of carbonyl (C=O) groups excluding carboxylic acids is 1. The summed E-state index contributed by atoms with van der Waals surface area (Å²) in [5.41, 5.74) is 1.31. The maximum atomic E-state index is 12.5. The molecule has 148 valence electrons. The first-order valence-corrected chi connectivity index (χ1v) is 10.3. The van der Waals surface area contributed by atoms with E-state index in [1.54, 1.807) is 0 Å². The number of hydrogen-bond donors (Lipinski definition) is 0. The molecule has 2 aliphatic heterocycles. The zero-order chi connectivity index (χ0) is 18.9. The van der Waals surface area contributed by atoms with Gasteiger partial charge in [0.15, 0.2) is 0 Å². The van der Waals surface area contributed by atoms with E-state index in [1.165, 1.54) is 5.57 Å². The van der Waals surface area contributed by atoms with Crippen LogP contribution in [0.2, 0.25) is 0 Å². The molecule has 26 heavy (non-hydrogen) atoms. The lowest BCUT2D eigenvalue weighted by Crippen LogP contribution is -2.33. The van der Waals surface area contributed by atoms with Gasteiger partial charge in [0, 0.05) is 13.2 Å². The lowest BCUT2D eigenvalue weighted by Gasteiger charge is -2.32. The first kappa shape index (κ1) is 19.9. The van der Waals surface area contributed by atoms with Crippen LogP contribution in [-0.2, 0) is 19.0 Å². The van der Waals surface area contributed by atoms with Crippen LogP contribution < -0.4 is 0 Å². The lowest BCUT2D eigenvalue weighted by molar-refractivity contribution is -0.154. The third-order valence-electron chi connectivity index (χ3n) is 6.66. The minimum Gasteiger partial charge on any atom is -0.465 e. The van der Waals surface area contributed by atoms with Crippen molar-refractivity contribution in [1.29, 1.82) is 0 Å². The second-order valence-electron chi connectivity index (χ2n) is 9.65. The van der Waals surface area contributed by atoms with E-state index < -0.39 is 0 Å². The number of epoxide rings is 1. The number of esters is 1. The molecular formula is C22H36O4. The summed E-state index contributed by atoms with van der Waals surface area (Å²) in [4.78, 5) is 12.5. The summed E-state index contributed by atoms with van der Waals surface area (Å²) in [6.45, 7) is 15.3. The Morgan fingerprint density at radius 1 is 1.15 bits per heavy atom. The molecule has 0 aromatic rings. The van der Waals surface area contributed by atoms with Gasteiger partial charge in [-0.15, -0.1) is 0 Å². The van der Waals surface area contributed by atoms with Gasteiger partial charge in [-0.25, -0.2) is 0 Å². The molecule has 4 heteroatoms. The van der Waals surface area contributed by atoms with E-state index in [0.717, 1.165) is 45.3 Å². The SMILES string of the molecule is C=C(CCC(C)(C)COC(=O)C1CC2OC2CC1C)C1CCOCC1C. The van der Waals surface area contributed by atoms with E-state index in [4.69, 9.17) is 14.2 Å².